The number of hydrazine groups is 1. The lowest BCUT2D eigenvalue weighted by Crippen LogP contribution is -2.51. The molecule has 0 unspecified atom stereocenters. The Hall–Kier alpha value is -2.52. The van der Waals surface area contributed by atoms with Crippen molar-refractivity contribution in [3.63, 3.8) is 0 Å². The van der Waals surface area contributed by atoms with Gasteiger partial charge in [0.05, 0.1) is 16.3 Å². The monoisotopic (exact) mass is 428 g/mol. The number of hydrogen-bond donors (Lipinski definition) is 3. The fourth-order valence-corrected chi connectivity index (χ4v) is 3.83. The van der Waals surface area contributed by atoms with Crippen LogP contribution in [0.4, 0.5) is 10.5 Å². The number of nitrogen functional groups attached to an aromatic ring is 1. The van der Waals surface area contributed by atoms with Crippen molar-refractivity contribution < 1.29 is 23.9 Å². The van der Waals surface area contributed by atoms with Crippen molar-refractivity contribution in [2.75, 3.05) is 12.3 Å². The van der Waals surface area contributed by atoms with Crippen LogP contribution in [0.5, 0.6) is 0 Å². The summed E-state index contributed by atoms with van der Waals surface area (Å²) in [4.78, 5) is 48.9. The van der Waals surface area contributed by atoms with Crippen LogP contribution in [0.1, 0.15) is 42.5 Å². The molecule has 2 aliphatic rings. The fraction of sp³-hybridized carbons (Fsp3) is 0.412. The molecular weight excluding hydrogens is 411 g/mol. The van der Waals surface area contributed by atoms with Crippen LogP contribution in [0.15, 0.2) is 12.1 Å². The fourth-order valence-electron chi connectivity index (χ4n) is 3.34. The van der Waals surface area contributed by atoms with Gasteiger partial charge in [0.15, 0.2) is 6.61 Å². The number of amides is 4. The summed E-state index contributed by atoms with van der Waals surface area (Å²) >= 11 is 11.7. The van der Waals surface area contributed by atoms with Gasteiger partial charge in [-0.25, -0.2) is 9.59 Å². The molecule has 0 bridgehead atoms. The van der Waals surface area contributed by atoms with Crippen molar-refractivity contribution in [2.24, 2.45) is 0 Å². The van der Waals surface area contributed by atoms with E-state index in [1.807, 2.05) is 0 Å². The number of urea groups is 1. The molecule has 1 spiro atoms. The van der Waals surface area contributed by atoms with E-state index in [9.17, 15) is 19.2 Å². The molecule has 28 heavy (non-hydrogen) atoms. The van der Waals surface area contributed by atoms with E-state index in [4.69, 9.17) is 33.7 Å². The van der Waals surface area contributed by atoms with Gasteiger partial charge in [-0.15, -0.1) is 0 Å². The molecule has 1 saturated carbocycles. The third kappa shape index (κ3) is 3.85. The number of imide groups is 1. The van der Waals surface area contributed by atoms with E-state index in [0.717, 1.165) is 19.3 Å². The predicted octanol–water partition coefficient (Wildman–Crippen LogP) is 2.02. The zero-order chi connectivity index (χ0) is 20.5. The Bertz CT molecular complexity index is 854. The summed E-state index contributed by atoms with van der Waals surface area (Å²) in [5.41, 5.74) is 6.77. The Morgan fingerprint density at radius 1 is 1.21 bits per heavy atom. The van der Waals surface area contributed by atoms with Crippen LogP contribution in [-0.2, 0) is 14.3 Å². The molecule has 1 aromatic rings. The maximum Gasteiger partial charge on any atom is 0.344 e. The maximum atomic E-state index is 12.6. The minimum atomic E-state index is -0.967. The summed E-state index contributed by atoms with van der Waals surface area (Å²) in [7, 11) is 0. The molecule has 0 aromatic heterocycles. The van der Waals surface area contributed by atoms with Gasteiger partial charge in [-0.2, -0.15) is 5.01 Å². The Morgan fingerprint density at radius 2 is 1.89 bits per heavy atom. The van der Waals surface area contributed by atoms with E-state index in [0.29, 0.717) is 17.9 Å². The van der Waals surface area contributed by atoms with E-state index < -0.39 is 36.0 Å². The largest absolute Gasteiger partial charge is 0.452 e. The van der Waals surface area contributed by atoms with E-state index in [2.05, 4.69) is 10.7 Å². The van der Waals surface area contributed by atoms with Crippen LogP contribution >= 0.6 is 23.2 Å². The molecule has 1 heterocycles. The van der Waals surface area contributed by atoms with Gasteiger partial charge >= 0.3 is 12.0 Å². The number of ether oxygens (including phenoxy) is 1. The number of halogens is 2. The second kappa shape index (κ2) is 7.84. The first-order valence-electron chi connectivity index (χ1n) is 8.61. The van der Waals surface area contributed by atoms with Crippen LogP contribution in [0, 0.1) is 0 Å². The lowest BCUT2D eigenvalue weighted by Gasteiger charge is -2.30. The summed E-state index contributed by atoms with van der Waals surface area (Å²) in [6.45, 7) is -0.730. The Morgan fingerprint density at radius 3 is 2.57 bits per heavy atom. The molecular formula is C17H18Cl2N4O5. The molecule has 150 valence electrons. The zero-order valence-corrected chi connectivity index (χ0v) is 16.2. The van der Waals surface area contributed by atoms with Crippen LogP contribution in [0.3, 0.4) is 0 Å². The van der Waals surface area contributed by atoms with Gasteiger partial charge in [0.1, 0.15) is 5.54 Å². The van der Waals surface area contributed by atoms with Crippen molar-refractivity contribution in [3.05, 3.63) is 27.7 Å². The highest BCUT2D eigenvalue weighted by atomic mass is 35.5. The van der Waals surface area contributed by atoms with Crippen LogP contribution in [-0.4, -0.2) is 41.0 Å². The minimum Gasteiger partial charge on any atom is -0.452 e. The van der Waals surface area contributed by atoms with Crippen molar-refractivity contribution in [3.8, 4) is 0 Å². The molecule has 1 aromatic carbocycles. The Kier molecular flexibility index (Phi) is 5.66. The number of esters is 1. The quantitative estimate of drug-likeness (QED) is 0.381. The molecule has 3 rings (SSSR count). The highest BCUT2D eigenvalue weighted by Gasteiger charge is 2.52. The van der Waals surface area contributed by atoms with Crippen molar-refractivity contribution in [1.29, 1.82) is 0 Å². The third-order valence-electron chi connectivity index (χ3n) is 4.75. The van der Waals surface area contributed by atoms with Crippen LogP contribution in [0.2, 0.25) is 10.0 Å². The van der Waals surface area contributed by atoms with E-state index >= 15 is 0 Å². The normalized spacial score (nSPS) is 18.1. The first-order valence-corrected chi connectivity index (χ1v) is 9.37. The number of benzene rings is 1. The van der Waals surface area contributed by atoms with Crippen LogP contribution < -0.4 is 16.5 Å². The van der Waals surface area contributed by atoms with Crippen molar-refractivity contribution in [2.45, 2.75) is 37.6 Å². The molecule has 0 atom stereocenters. The second-order valence-electron chi connectivity index (χ2n) is 6.67. The lowest BCUT2D eigenvalue weighted by molar-refractivity contribution is -0.140. The van der Waals surface area contributed by atoms with Crippen molar-refractivity contribution >= 4 is 52.7 Å². The molecule has 0 radical (unpaired) electrons. The summed E-state index contributed by atoms with van der Waals surface area (Å²) in [6.07, 6.45) is 3.66. The summed E-state index contributed by atoms with van der Waals surface area (Å²) < 4.78 is 4.88. The Labute approximate surface area is 170 Å². The van der Waals surface area contributed by atoms with E-state index in [-0.39, 0.29) is 21.3 Å². The van der Waals surface area contributed by atoms with Gasteiger partial charge in [0.25, 0.3) is 11.8 Å². The smallest absolute Gasteiger partial charge is 0.344 e. The van der Waals surface area contributed by atoms with Gasteiger partial charge in [-0.1, -0.05) is 42.5 Å². The minimum absolute atomic E-state index is 0.0372. The first kappa shape index (κ1) is 20.2. The van der Waals surface area contributed by atoms with Gasteiger partial charge in [0, 0.05) is 5.02 Å². The summed E-state index contributed by atoms with van der Waals surface area (Å²) in [6, 6.07) is 1.91. The number of nitrogens with zero attached hydrogens (tertiary/aromatic N) is 1. The van der Waals surface area contributed by atoms with E-state index in [1.54, 1.807) is 0 Å². The summed E-state index contributed by atoms with van der Waals surface area (Å²) in [5, 5.41) is 3.53. The number of nitrogens with one attached hydrogen (secondary N) is 2. The van der Waals surface area contributed by atoms with Crippen molar-refractivity contribution in [1.82, 2.24) is 15.8 Å². The van der Waals surface area contributed by atoms with Crippen LogP contribution in [0.25, 0.3) is 0 Å². The molecule has 1 aliphatic heterocycles. The average molecular weight is 429 g/mol. The zero-order valence-electron chi connectivity index (χ0n) is 14.7. The standard InChI is InChI=1S/C17H18Cl2N4O5/c18-9-6-10(13(20)11(19)7-9)14(25)28-8-12(24)22-23-15(26)17(21-16(23)27)4-2-1-3-5-17/h6-7H,1-5,8,20H2,(H,21,27)(H,22,24). The van der Waals surface area contributed by atoms with Gasteiger partial charge < -0.3 is 15.8 Å². The first-order chi connectivity index (χ1) is 13.2. The van der Waals surface area contributed by atoms with Gasteiger partial charge in [0.2, 0.25) is 0 Å². The molecule has 4 amide bonds. The topological polar surface area (TPSA) is 131 Å². The van der Waals surface area contributed by atoms with Gasteiger partial charge in [-0.05, 0) is 25.0 Å². The third-order valence-corrected chi connectivity index (χ3v) is 5.28. The maximum absolute atomic E-state index is 12.6. The highest BCUT2D eigenvalue weighted by Crippen LogP contribution is 2.33. The summed E-state index contributed by atoms with van der Waals surface area (Å²) in [5.74, 6) is -2.28. The molecule has 9 nitrogen and oxygen atoms in total. The molecule has 1 saturated heterocycles. The molecule has 4 N–H and O–H groups in total. The molecule has 11 heteroatoms. The Balaban J connectivity index is 1.59. The number of nitrogens with two attached hydrogens (primary N) is 1. The lowest BCUT2D eigenvalue weighted by atomic mass is 9.82. The highest BCUT2D eigenvalue weighted by molar-refractivity contribution is 6.37. The number of hydrogen-bond acceptors (Lipinski definition) is 6. The predicted molar refractivity (Wildman–Crippen MR) is 100 cm³/mol. The number of carbonyl (C=O) groups is 4. The molecule has 2 fully saturated rings. The number of rotatable bonds is 4. The number of anilines is 1. The SMILES string of the molecule is Nc1c(Cl)cc(Cl)cc1C(=O)OCC(=O)NN1C(=O)NC2(CCCCC2)C1=O. The molecule has 1 aliphatic carbocycles. The van der Waals surface area contributed by atoms with E-state index in [1.165, 1.54) is 12.1 Å². The second-order valence-corrected chi connectivity index (χ2v) is 7.52. The van der Waals surface area contributed by atoms with Gasteiger partial charge in [-0.3, -0.25) is 15.0 Å². The average Bonchev–Trinajstić information content (AvgIpc) is 2.87. The number of carbonyl (C=O) groups excluding carboxylic acids is 4.